The molecule has 0 saturated heterocycles. The molecule has 174 valence electrons. The molecule has 3 aromatic carbocycles. The second kappa shape index (κ2) is 10.6. The van der Waals surface area contributed by atoms with Gasteiger partial charge in [-0.15, -0.1) is 0 Å². The van der Waals surface area contributed by atoms with Crippen molar-refractivity contribution in [1.82, 2.24) is 5.43 Å². The van der Waals surface area contributed by atoms with E-state index in [1.807, 2.05) is 0 Å². The number of halogens is 1. The first kappa shape index (κ1) is 23.6. The largest absolute Gasteiger partial charge is 0.463 e. The van der Waals surface area contributed by atoms with Crippen molar-refractivity contribution in [2.75, 3.05) is 10.6 Å². The molecule has 10 heteroatoms. The summed E-state index contributed by atoms with van der Waals surface area (Å²) in [5, 5.41) is 9.15. The highest BCUT2D eigenvalue weighted by Crippen LogP contribution is 2.19. The van der Waals surface area contributed by atoms with Gasteiger partial charge >= 0.3 is 11.8 Å². The standard InChI is InChI=1S/C25H17BrN4O5/c26-16-9-11-17(12-10-16)28-23(32)18-5-1-3-7-20(18)29-24(33)25(34)30-27-13-15-14-35-21-8-4-2-6-19(21)22(15)31/h1-14H,(H,28,32)(H,29,33)(H,30,34). The van der Waals surface area contributed by atoms with Crippen LogP contribution in [0.1, 0.15) is 15.9 Å². The molecular formula is C25H17BrN4O5. The third kappa shape index (κ3) is 5.68. The topological polar surface area (TPSA) is 130 Å². The van der Waals surface area contributed by atoms with E-state index in [2.05, 4.69) is 37.1 Å². The fourth-order valence-electron chi connectivity index (χ4n) is 3.09. The molecule has 4 rings (SSSR count). The number of para-hydroxylation sites is 2. The van der Waals surface area contributed by atoms with Crippen LogP contribution in [0.4, 0.5) is 11.4 Å². The second-order valence-electron chi connectivity index (χ2n) is 7.18. The second-order valence-corrected chi connectivity index (χ2v) is 8.09. The number of carbonyl (C=O) groups excluding carboxylic acids is 3. The number of nitrogens with zero attached hydrogens (tertiary/aromatic N) is 1. The fourth-order valence-corrected chi connectivity index (χ4v) is 3.36. The van der Waals surface area contributed by atoms with Gasteiger partial charge < -0.3 is 15.1 Å². The van der Waals surface area contributed by atoms with Crippen LogP contribution >= 0.6 is 15.9 Å². The molecule has 0 radical (unpaired) electrons. The van der Waals surface area contributed by atoms with Crippen LogP contribution < -0.4 is 21.5 Å². The number of benzene rings is 3. The summed E-state index contributed by atoms with van der Waals surface area (Å²) < 4.78 is 6.23. The number of rotatable bonds is 5. The molecule has 0 bridgehead atoms. The number of fused-ring (bicyclic) bond motifs is 1. The smallest absolute Gasteiger partial charge is 0.329 e. The van der Waals surface area contributed by atoms with Crippen LogP contribution in [-0.2, 0) is 9.59 Å². The average Bonchev–Trinajstić information content (AvgIpc) is 2.87. The minimum Gasteiger partial charge on any atom is -0.463 e. The van der Waals surface area contributed by atoms with Crippen molar-refractivity contribution < 1.29 is 18.8 Å². The van der Waals surface area contributed by atoms with Crippen molar-refractivity contribution in [3.8, 4) is 0 Å². The van der Waals surface area contributed by atoms with Crippen LogP contribution in [0.5, 0.6) is 0 Å². The van der Waals surface area contributed by atoms with Gasteiger partial charge in [-0.3, -0.25) is 19.2 Å². The monoisotopic (exact) mass is 532 g/mol. The summed E-state index contributed by atoms with van der Waals surface area (Å²) in [7, 11) is 0. The molecule has 0 aliphatic carbocycles. The van der Waals surface area contributed by atoms with E-state index in [1.54, 1.807) is 60.7 Å². The number of amides is 3. The Morgan fingerprint density at radius 2 is 1.57 bits per heavy atom. The maximum absolute atomic E-state index is 12.7. The van der Waals surface area contributed by atoms with Gasteiger partial charge in [-0.1, -0.05) is 40.2 Å². The maximum Gasteiger partial charge on any atom is 0.329 e. The molecule has 1 heterocycles. The fraction of sp³-hybridized carbons (Fsp3) is 0. The summed E-state index contributed by atoms with van der Waals surface area (Å²) in [6, 6.07) is 19.9. The Morgan fingerprint density at radius 3 is 2.37 bits per heavy atom. The Bertz CT molecular complexity index is 1510. The van der Waals surface area contributed by atoms with Gasteiger partial charge in [-0.25, -0.2) is 5.43 Å². The Morgan fingerprint density at radius 1 is 0.857 bits per heavy atom. The summed E-state index contributed by atoms with van der Waals surface area (Å²) in [5.74, 6) is -2.60. The van der Waals surface area contributed by atoms with Gasteiger partial charge in [0.1, 0.15) is 11.8 Å². The van der Waals surface area contributed by atoms with Gasteiger partial charge in [-0.05, 0) is 48.5 Å². The van der Waals surface area contributed by atoms with Gasteiger partial charge in [0.15, 0.2) is 0 Å². The number of hydrazone groups is 1. The van der Waals surface area contributed by atoms with Crippen molar-refractivity contribution in [3.63, 3.8) is 0 Å². The van der Waals surface area contributed by atoms with E-state index in [-0.39, 0.29) is 22.2 Å². The van der Waals surface area contributed by atoms with E-state index in [4.69, 9.17) is 4.42 Å². The highest BCUT2D eigenvalue weighted by atomic mass is 79.9. The first-order chi connectivity index (χ1) is 16.9. The Labute approximate surface area is 207 Å². The highest BCUT2D eigenvalue weighted by Gasteiger charge is 2.18. The van der Waals surface area contributed by atoms with Crippen LogP contribution in [0.3, 0.4) is 0 Å². The number of nitrogens with one attached hydrogen (secondary N) is 3. The average molecular weight is 533 g/mol. The number of anilines is 2. The first-order valence-corrected chi connectivity index (χ1v) is 11.0. The molecule has 0 spiro atoms. The van der Waals surface area contributed by atoms with E-state index in [1.165, 1.54) is 18.4 Å². The van der Waals surface area contributed by atoms with Crippen LogP contribution in [0.15, 0.2) is 97.8 Å². The number of carbonyl (C=O) groups is 3. The van der Waals surface area contributed by atoms with Crippen LogP contribution in [0.2, 0.25) is 0 Å². The van der Waals surface area contributed by atoms with Gasteiger partial charge in [0.05, 0.1) is 28.4 Å². The van der Waals surface area contributed by atoms with Crippen LogP contribution in [0.25, 0.3) is 11.0 Å². The van der Waals surface area contributed by atoms with Crippen molar-refractivity contribution in [1.29, 1.82) is 0 Å². The molecule has 35 heavy (non-hydrogen) atoms. The van der Waals surface area contributed by atoms with Crippen molar-refractivity contribution in [3.05, 3.63) is 105 Å². The summed E-state index contributed by atoms with van der Waals surface area (Å²) in [6.07, 6.45) is 2.30. The molecule has 9 nitrogen and oxygen atoms in total. The third-order valence-electron chi connectivity index (χ3n) is 4.80. The molecule has 3 N–H and O–H groups in total. The summed E-state index contributed by atoms with van der Waals surface area (Å²) >= 11 is 3.32. The third-order valence-corrected chi connectivity index (χ3v) is 5.33. The lowest BCUT2D eigenvalue weighted by atomic mass is 10.1. The zero-order valence-corrected chi connectivity index (χ0v) is 19.5. The highest BCUT2D eigenvalue weighted by molar-refractivity contribution is 9.10. The zero-order chi connectivity index (χ0) is 24.8. The van der Waals surface area contributed by atoms with Crippen molar-refractivity contribution in [2.24, 2.45) is 5.10 Å². The summed E-state index contributed by atoms with van der Waals surface area (Å²) in [5.41, 5.74) is 3.09. The molecule has 0 aliphatic rings. The van der Waals surface area contributed by atoms with E-state index in [0.29, 0.717) is 16.7 Å². The van der Waals surface area contributed by atoms with Gasteiger partial charge in [0, 0.05) is 10.2 Å². The normalized spacial score (nSPS) is 10.8. The number of hydrogen-bond donors (Lipinski definition) is 3. The molecule has 1 aromatic heterocycles. The van der Waals surface area contributed by atoms with Crippen LogP contribution in [-0.4, -0.2) is 23.9 Å². The molecule has 0 fully saturated rings. The van der Waals surface area contributed by atoms with E-state index in [9.17, 15) is 19.2 Å². The SMILES string of the molecule is O=C(NN=Cc1coc2ccccc2c1=O)C(=O)Nc1ccccc1C(=O)Nc1ccc(Br)cc1. The summed E-state index contributed by atoms with van der Waals surface area (Å²) in [4.78, 5) is 49.7. The first-order valence-electron chi connectivity index (χ1n) is 10.2. The lowest BCUT2D eigenvalue weighted by Gasteiger charge is -2.11. The Hall–Kier alpha value is -4.57. The molecule has 3 amide bonds. The predicted octanol–water partition coefficient (Wildman–Crippen LogP) is 3.90. The summed E-state index contributed by atoms with van der Waals surface area (Å²) in [6.45, 7) is 0. The Balaban J connectivity index is 1.41. The zero-order valence-electron chi connectivity index (χ0n) is 17.9. The molecule has 0 saturated carbocycles. The van der Waals surface area contributed by atoms with Gasteiger partial charge in [0.25, 0.3) is 5.91 Å². The lowest BCUT2D eigenvalue weighted by molar-refractivity contribution is -0.136. The van der Waals surface area contributed by atoms with Gasteiger partial charge in [-0.2, -0.15) is 5.10 Å². The lowest BCUT2D eigenvalue weighted by Crippen LogP contribution is -2.33. The van der Waals surface area contributed by atoms with E-state index >= 15 is 0 Å². The predicted molar refractivity (Wildman–Crippen MR) is 135 cm³/mol. The van der Waals surface area contributed by atoms with Crippen molar-refractivity contribution in [2.45, 2.75) is 0 Å². The quantitative estimate of drug-likeness (QED) is 0.204. The Kier molecular flexibility index (Phi) is 7.12. The number of hydrogen-bond acceptors (Lipinski definition) is 6. The van der Waals surface area contributed by atoms with Gasteiger partial charge in [0.2, 0.25) is 5.43 Å². The van der Waals surface area contributed by atoms with Crippen LogP contribution in [0, 0.1) is 0 Å². The molecular weight excluding hydrogens is 516 g/mol. The van der Waals surface area contributed by atoms with E-state index < -0.39 is 17.7 Å². The molecule has 0 atom stereocenters. The minimum atomic E-state index is -1.09. The van der Waals surface area contributed by atoms with E-state index in [0.717, 1.165) is 10.7 Å². The minimum absolute atomic E-state index is 0.0966. The molecule has 0 aliphatic heterocycles. The molecule has 0 unspecified atom stereocenters. The molecule has 4 aromatic rings. The maximum atomic E-state index is 12.7. The van der Waals surface area contributed by atoms with Crippen molar-refractivity contribution >= 4 is 62.2 Å².